The van der Waals surface area contributed by atoms with Crippen LogP contribution in [0.2, 0.25) is 5.02 Å². The molecule has 0 spiro atoms. The van der Waals surface area contributed by atoms with E-state index in [9.17, 15) is 18.8 Å². The molecule has 1 aromatic heterocycles. The van der Waals surface area contributed by atoms with Gasteiger partial charge in [-0.3, -0.25) is 14.2 Å². The van der Waals surface area contributed by atoms with E-state index in [0.29, 0.717) is 33.1 Å². The van der Waals surface area contributed by atoms with Crippen molar-refractivity contribution in [1.82, 2.24) is 14.8 Å². The van der Waals surface area contributed by atoms with Crippen LogP contribution in [0.5, 0.6) is 0 Å². The molecular formula is C25H22ClFN4O3. The maximum atomic E-state index is 13.4. The number of carbonyl (C=O) groups is 2. The third-order valence-corrected chi connectivity index (χ3v) is 5.94. The van der Waals surface area contributed by atoms with Crippen LogP contribution in [0.3, 0.4) is 0 Å². The van der Waals surface area contributed by atoms with E-state index in [-0.39, 0.29) is 11.1 Å². The molecule has 0 bridgehead atoms. The summed E-state index contributed by atoms with van der Waals surface area (Å²) in [6.07, 6.45) is 3.05. The van der Waals surface area contributed by atoms with Crippen molar-refractivity contribution in [2.45, 2.75) is 19.9 Å². The van der Waals surface area contributed by atoms with Gasteiger partial charge in [0.1, 0.15) is 5.82 Å². The Morgan fingerprint density at radius 3 is 2.50 bits per heavy atom. The molecule has 34 heavy (non-hydrogen) atoms. The summed E-state index contributed by atoms with van der Waals surface area (Å²) in [5.41, 5.74) is 2.72. The average Bonchev–Trinajstić information content (AvgIpc) is 2.80. The van der Waals surface area contributed by atoms with Gasteiger partial charge in [-0.15, -0.1) is 0 Å². The highest BCUT2D eigenvalue weighted by Crippen LogP contribution is 2.30. The van der Waals surface area contributed by atoms with Crippen LogP contribution in [0.15, 0.2) is 71.3 Å². The van der Waals surface area contributed by atoms with Gasteiger partial charge in [-0.25, -0.2) is 9.18 Å². The van der Waals surface area contributed by atoms with Crippen molar-refractivity contribution in [2.24, 2.45) is 0 Å². The van der Waals surface area contributed by atoms with Crippen molar-refractivity contribution in [3.05, 3.63) is 104 Å². The summed E-state index contributed by atoms with van der Waals surface area (Å²) in [5, 5.41) is 5.98. The van der Waals surface area contributed by atoms with E-state index in [1.807, 2.05) is 0 Å². The van der Waals surface area contributed by atoms with Crippen LogP contribution in [-0.4, -0.2) is 28.5 Å². The summed E-state index contributed by atoms with van der Waals surface area (Å²) in [5.74, 6) is -0.886. The van der Waals surface area contributed by atoms with Gasteiger partial charge in [-0.1, -0.05) is 29.8 Å². The molecule has 7 nitrogen and oxygen atoms in total. The molecule has 2 heterocycles. The minimum Gasteiger partial charge on any atom is -0.327 e. The number of hydrogen-bond donors (Lipinski definition) is 2. The third-order valence-electron chi connectivity index (χ3n) is 5.64. The van der Waals surface area contributed by atoms with Crippen LogP contribution >= 0.6 is 11.6 Å². The standard InChI is InChI=1S/C25H22ClFN4O3/c1-14-5-4-10-31(24(14)33)21-12-20(15(2)11-19(21)26)28-23(32)18-13-30(3)25(34)29-22(18)16-6-8-17(27)9-7-16/h4-13,22H,1-3H3,(H,28,32)(H,29,34)/t22-/m0/s1. The van der Waals surface area contributed by atoms with E-state index in [2.05, 4.69) is 10.6 Å². The Morgan fingerprint density at radius 2 is 1.79 bits per heavy atom. The van der Waals surface area contributed by atoms with E-state index >= 15 is 0 Å². The molecule has 0 saturated carbocycles. The van der Waals surface area contributed by atoms with Crippen molar-refractivity contribution < 1.29 is 14.0 Å². The van der Waals surface area contributed by atoms with Gasteiger partial charge < -0.3 is 15.5 Å². The molecule has 1 atom stereocenters. The van der Waals surface area contributed by atoms with E-state index < -0.39 is 23.8 Å². The van der Waals surface area contributed by atoms with Crippen molar-refractivity contribution >= 4 is 29.2 Å². The van der Waals surface area contributed by atoms with E-state index in [1.54, 1.807) is 44.3 Å². The summed E-state index contributed by atoms with van der Waals surface area (Å²) >= 11 is 6.43. The Bertz CT molecular complexity index is 1380. The predicted molar refractivity (Wildman–Crippen MR) is 129 cm³/mol. The number of anilines is 1. The minimum atomic E-state index is -0.768. The number of rotatable bonds is 4. The van der Waals surface area contributed by atoms with Gasteiger partial charge in [0.2, 0.25) is 0 Å². The number of pyridine rings is 1. The number of aromatic nitrogens is 1. The Labute approximate surface area is 200 Å². The van der Waals surface area contributed by atoms with Crippen LogP contribution in [0.25, 0.3) is 5.69 Å². The maximum Gasteiger partial charge on any atom is 0.321 e. The van der Waals surface area contributed by atoms with Crippen LogP contribution in [0.4, 0.5) is 14.9 Å². The van der Waals surface area contributed by atoms with Crippen LogP contribution in [-0.2, 0) is 4.79 Å². The summed E-state index contributed by atoms with van der Waals surface area (Å²) in [6.45, 7) is 3.49. The Kier molecular flexibility index (Phi) is 6.26. The first-order valence-electron chi connectivity index (χ1n) is 10.5. The zero-order chi connectivity index (χ0) is 24.6. The number of benzene rings is 2. The summed E-state index contributed by atoms with van der Waals surface area (Å²) < 4.78 is 14.8. The highest BCUT2D eigenvalue weighted by Gasteiger charge is 2.31. The molecule has 0 radical (unpaired) electrons. The number of nitrogens with one attached hydrogen (secondary N) is 2. The lowest BCUT2D eigenvalue weighted by atomic mass is 9.97. The first-order chi connectivity index (χ1) is 16.2. The second-order valence-electron chi connectivity index (χ2n) is 8.07. The van der Waals surface area contributed by atoms with Gasteiger partial charge in [-0.05, 0) is 55.3 Å². The van der Waals surface area contributed by atoms with Gasteiger partial charge in [0.15, 0.2) is 0 Å². The summed E-state index contributed by atoms with van der Waals surface area (Å²) in [4.78, 5) is 39.5. The lowest BCUT2D eigenvalue weighted by molar-refractivity contribution is -0.113. The second kappa shape index (κ2) is 9.15. The average molecular weight is 481 g/mol. The Hall–Kier alpha value is -3.91. The fourth-order valence-corrected chi connectivity index (χ4v) is 4.03. The lowest BCUT2D eigenvalue weighted by Gasteiger charge is -2.30. The second-order valence-corrected chi connectivity index (χ2v) is 8.48. The molecule has 0 saturated heterocycles. The van der Waals surface area contributed by atoms with E-state index in [4.69, 9.17) is 11.6 Å². The molecule has 2 aromatic carbocycles. The maximum absolute atomic E-state index is 13.4. The van der Waals surface area contributed by atoms with Crippen molar-refractivity contribution in [3.63, 3.8) is 0 Å². The fraction of sp³-hybridized carbons (Fsp3) is 0.160. The van der Waals surface area contributed by atoms with Crippen molar-refractivity contribution in [3.8, 4) is 5.69 Å². The molecule has 1 aliphatic rings. The number of aryl methyl sites for hydroxylation is 2. The minimum absolute atomic E-state index is 0.221. The Balaban J connectivity index is 1.71. The predicted octanol–water partition coefficient (Wildman–Crippen LogP) is 4.47. The van der Waals surface area contributed by atoms with Crippen LogP contribution < -0.4 is 16.2 Å². The Morgan fingerprint density at radius 1 is 1.09 bits per heavy atom. The monoisotopic (exact) mass is 480 g/mol. The normalized spacial score (nSPS) is 15.6. The third kappa shape index (κ3) is 4.45. The molecule has 0 fully saturated rings. The first kappa shape index (κ1) is 23.3. The molecule has 9 heteroatoms. The molecule has 174 valence electrons. The lowest BCUT2D eigenvalue weighted by Crippen LogP contribution is -2.44. The smallest absolute Gasteiger partial charge is 0.321 e. The molecule has 0 unspecified atom stereocenters. The van der Waals surface area contributed by atoms with Gasteiger partial charge in [0, 0.05) is 30.7 Å². The largest absolute Gasteiger partial charge is 0.327 e. The SMILES string of the molecule is Cc1cc(Cl)c(-n2cccc(C)c2=O)cc1NC(=O)C1=CN(C)C(=O)N[C@H]1c1ccc(F)cc1. The van der Waals surface area contributed by atoms with E-state index in [0.717, 1.165) is 0 Å². The highest BCUT2D eigenvalue weighted by atomic mass is 35.5. The zero-order valence-electron chi connectivity index (χ0n) is 18.7. The number of hydrogen-bond acceptors (Lipinski definition) is 3. The topological polar surface area (TPSA) is 83.4 Å². The van der Waals surface area contributed by atoms with Crippen molar-refractivity contribution in [2.75, 3.05) is 12.4 Å². The first-order valence-corrected chi connectivity index (χ1v) is 10.8. The molecular weight excluding hydrogens is 459 g/mol. The number of amides is 3. The van der Waals surface area contributed by atoms with Crippen LogP contribution in [0.1, 0.15) is 22.7 Å². The van der Waals surface area contributed by atoms with Crippen LogP contribution in [0, 0.1) is 19.7 Å². The summed E-state index contributed by atoms with van der Waals surface area (Å²) in [6, 6.07) is 11.2. The zero-order valence-corrected chi connectivity index (χ0v) is 19.5. The molecule has 0 aliphatic carbocycles. The molecule has 2 N–H and O–H groups in total. The number of urea groups is 1. The van der Waals surface area contributed by atoms with Crippen molar-refractivity contribution in [1.29, 1.82) is 0 Å². The number of carbonyl (C=O) groups excluding carboxylic acids is 2. The highest BCUT2D eigenvalue weighted by molar-refractivity contribution is 6.32. The van der Waals surface area contributed by atoms with E-state index in [1.165, 1.54) is 47.0 Å². The molecule has 3 amide bonds. The number of halogens is 2. The molecule has 1 aliphatic heterocycles. The molecule has 3 aromatic rings. The van der Waals surface area contributed by atoms with Gasteiger partial charge in [0.25, 0.3) is 11.5 Å². The summed E-state index contributed by atoms with van der Waals surface area (Å²) in [7, 11) is 1.53. The fourth-order valence-electron chi connectivity index (χ4n) is 3.72. The van der Waals surface area contributed by atoms with Gasteiger partial charge in [-0.2, -0.15) is 0 Å². The quantitative estimate of drug-likeness (QED) is 0.578. The van der Waals surface area contributed by atoms with Gasteiger partial charge in [0.05, 0.1) is 22.3 Å². The molecule has 4 rings (SSSR count). The number of nitrogens with zero attached hydrogens (tertiary/aromatic N) is 2. The van der Waals surface area contributed by atoms with Gasteiger partial charge >= 0.3 is 6.03 Å².